The Morgan fingerprint density at radius 1 is 0.864 bits per heavy atom. The average Bonchev–Trinajstić information content (AvgIpc) is 2.94. The highest BCUT2D eigenvalue weighted by Crippen LogP contribution is 2.24. The Morgan fingerprint density at radius 2 is 1.59 bits per heavy atom. The summed E-state index contributed by atoms with van der Waals surface area (Å²) in [6.45, 7) is 0. The summed E-state index contributed by atoms with van der Waals surface area (Å²) in [7, 11) is 0. The normalized spacial score (nSPS) is 11.1. The minimum atomic E-state index is -0.618. The molecule has 0 fully saturated rings. The first-order valence-electron chi connectivity index (χ1n) is 6.76. The molecule has 0 aliphatic heterocycles. The summed E-state index contributed by atoms with van der Waals surface area (Å²) < 4.78 is 5.26. The molecule has 5 nitrogen and oxygen atoms in total. The molecule has 2 aromatic carbocycles. The van der Waals surface area contributed by atoms with E-state index in [1.165, 1.54) is 0 Å². The van der Waals surface area contributed by atoms with Crippen molar-refractivity contribution in [3.63, 3.8) is 0 Å². The van der Waals surface area contributed by atoms with Gasteiger partial charge in [-0.25, -0.2) is 0 Å². The van der Waals surface area contributed by atoms with Gasteiger partial charge in [0.15, 0.2) is 0 Å². The van der Waals surface area contributed by atoms with Gasteiger partial charge in [-0.05, 0) is 12.1 Å². The van der Waals surface area contributed by atoms with E-state index < -0.39 is 10.9 Å². The molecular formula is C17H10N2O3. The van der Waals surface area contributed by atoms with Gasteiger partial charge in [0.25, 0.3) is 0 Å². The van der Waals surface area contributed by atoms with Crippen LogP contribution in [0.5, 0.6) is 0 Å². The Bertz CT molecular complexity index is 1110. The summed E-state index contributed by atoms with van der Waals surface area (Å²) in [5.74, 6) is 0. The summed E-state index contributed by atoms with van der Waals surface area (Å²) in [6.07, 6.45) is 0. The van der Waals surface area contributed by atoms with Gasteiger partial charge in [0.05, 0.1) is 5.52 Å². The molecule has 0 unspecified atom stereocenters. The molecule has 106 valence electrons. The molecule has 4 rings (SSSR count). The van der Waals surface area contributed by atoms with Crippen LogP contribution in [0.2, 0.25) is 0 Å². The minimum Gasteiger partial charge on any atom is -0.337 e. The van der Waals surface area contributed by atoms with Crippen LogP contribution < -0.4 is 10.9 Å². The lowest BCUT2D eigenvalue weighted by Gasteiger charge is -1.92. The number of aromatic nitrogens is 2. The molecule has 2 aromatic heterocycles. The number of rotatable bonds is 1. The number of benzene rings is 2. The number of nitrogens with zero attached hydrogens (tertiary/aromatic N) is 1. The highest BCUT2D eigenvalue weighted by molar-refractivity contribution is 5.92. The van der Waals surface area contributed by atoms with Crippen molar-refractivity contribution in [1.29, 1.82) is 0 Å². The van der Waals surface area contributed by atoms with Crippen LogP contribution in [0.4, 0.5) is 0 Å². The van der Waals surface area contributed by atoms with E-state index >= 15 is 0 Å². The van der Waals surface area contributed by atoms with Gasteiger partial charge in [-0.15, -0.1) is 0 Å². The number of para-hydroxylation sites is 1. The topological polar surface area (TPSA) is 76.0 Å². The monoisotopic (exact) mass is 290 g/mol. The predicted molar refractivity (Wildman–Crippen MR) is 83.8 cm³/mol. The number of nitrogens with one attached hydrogen (secondary N) is 1. The predicted octanol–water partition coefficient (Wildman–Crippen LogP) is 2.70. The van der Waals surface area contributed by atoms with Crippen molar-refractivity contribution < 1.29 is 4.52 Å². The maximum atomic E-state index is 12.6. The van der Waals surface area contributed by atoms with Gasteiger partial charge in [-0.2, -0.15) is 0 Å². The van der Waals surface area contributed by atoms with Crippen molar-refractivity contribution in [2.24, 2.45) is 0 Å². The van der Waals surface area contributed by atoms with Gasteiger partial charge in [-0.1, -0.05) is 47.6 Å². The molecule has 5 heteroatoms. The maximum absolute atomic E-state index is 12.6. The van der Waals surface area contributed by atoms with Gasteiger partial charge in [-0.3, -0.25) is 9.59 Å². The van der Waals surface area contributed by atoms with Crippen LogP contribution in [0.15, 0.2) is 68.7 Å². The zero-order chi connectivity index (χ0) is 15.1. The Labute approximate surface area is 123 Å². The first kappa shape index (κ1) is 12.5. The van der Waals surface area contributed by atoms with Crippen molar-refractivity contribution in [3.8, 4) is 11.3 Å². The van der Waals surface area contributed by atoms with Crippen molar-refractivity contribution >= 4 is 22.0 Å². The molecule has 2 heterocycles. The summed E-state index contributed by atoms with van der Waals surface area (Å²) >= 11 is 0. The smallest absolute Gasteiger partial charge is 0.241 e. The Morgan fingerprint density at radius 3 is 2.41 bits per heavy atom. The second-order valence-electron chi connectivity index (χ2n) is 4.93. The van der Waals surface area contributed by atoms with E-state index in [-0.39, 0.29) is 11.1 Å². The largest absolute Gasteiger partial charge is 0.337 e. The fourth-order valence-corrected chi connectivity index (χ4v) is 2.53. The molecule has 0 bridgehead atoms. The van der Waals surface area contributed by atoms with Crippen LogP contribution in [0.25, 0.3) is 33.3 Å². The maximum Gasteiger partial charge on any atom is 0.241 e. The quantitative estimate of drug-likeness (QED) is 0.547. The zero-order valence-corrected chi connectivity index (χ0v) is 11.4. The molecule has 0 amide bonds. The van der Waals surface area contributed by atoms with Crippen molar-refractivity contribution in [3.05, 3.63) is 75.0 Å². The van der Waals surface area contributed by atoms with Gasteiger partial charge < -0.3 is 9.51 Å². The van der Waals surface area contributed by atoms with Crippen molar-refractivity contribution in [2.75, 3.05) is 0 Å². The fraction of sp³-hybridized carbons (Fsp3) is 0. The summed E-state index contributed by atoms with van der Waals surface area (Å²) in [6, 6.07) is 16.0. The number of H-pyrrole nitrogens is 1. The lowest BCUT2D eigenvalue weighted by Crippen LogP contribution is -2.21. The van der Waals surface area contributed by atoms with Gasteiger partial charge in [0.1, 0.15) is 11.1 Å². The van der Waals surface area contributed by atoms with Crippen molar-refractivity contribution in [2.45, 2.75) is 0 Å². The number of hydrogen-bond acceptors (Lipinski definition) is 4. The molecule has 0 radical (unpaired) electrons. The molecule has 0 aliphatic carbocycles. The molecule has 4 aromatic rings. The van der Waals surface area contributed by atoms with Gasteiger partial charge in [0, 0.05) is 10.9 Å². The minimum absolute atomic E-state index is 0.174. The summed E-state index contributed by atoms with van der Waals surface area (Å²) in [5.41, 5.74) is 0.642. The van der Waals surface area contributed by atoms with E-state index in [4.69, 9.17) is 4.52 Å². The third-order valence-corrected chi connectivity index (χ3v) is 3.59. The number of hydrogen-bond donors (Lipinski definition) is 1. The van der Waals surface area contributed by atoms with E-state index in [0.717, 1.165) is 5.56 Å². The van der Waals surface area contributed by atoms with E-state index in [9.17, 15) is 9.59 Å². The molecule has 0 saturated heterocycles. The van der Waals surface area contributed by atoms with Crippen LogP contribution in [0.1, 0.15) is 0 Å². The van der Waals surface area contributed by atoms with Crippen LogP contribution >= 0.6 is 0 Å². The molecule has 1 N–H and O–H groups in total. The van der Waals surface area contributed by atoms with E-state index in [2.05, 4.69) is 10.1 Å². The van der Waals surface area contributed by atoms with Gasteiger partial charge in [0.2, 0.25) is 16.6 Å². The SMILES string of the molecule is O=c1c(=O)c2c(-c3ccccc3)noc2[nH]c2ccccc12. The van der Waals surface area contributed by atoms with Crippen LogP contribution in [0.3, 0.4) is 0 Å². The molecular weight excluding hydrogens is 280 g/mol. The molecule has 0 atom stereocenters. The third kappa shape index (κ3) is 1.76. The summed E-state index contributed by atoms with van der Waals surface area (Å²) in [4.78, 5) is 28.0. The highest BCUT2D eigenvalue weighted by atomic mass is 16.5. The van der Waals surface area contributed by atoms with Crippen LogP contribution in [-0.4, -0.2) is 10.1 Å². The van der Waals surface area contributed by atoms with Crippen LogP contribution in [0, 0.1) is 0 Å². The molecule has 0 aliphatic rings. The standard InChI is InChI=1S/C17H10N2O3/c20-15-11-8-4-5-9-12(11)18-17-13(16(15)21)14(19-22-17)10-6-2-1-3-7-10/h1-9,18H. The van der Waals surface area contributed by atoms with E-state index in [1.807, 2.05) is 30.3 Å². The lowest BCUT2D eigenvalue weighted by molar-refractivity contribution is 0.452. The second kappa shape index (κ2) is 4.66. The van der Waals surface area contributed by atoms with E-state index in [0.29, 0.717) is 16.6 Å². The van der Waals surface area contributed by atoms with E-state index in [1.54, 1.807) is 24.3 Å². The Hall–Kier alpha value is -3.21. The Balaban J connectivity index is 2.23. The number of fused-ring (bicyclic) bond motifs is 2. The van der Waals surface area contributed by atoms with Crippen molar-refractivity contribution in [1.82, 2.24) is 10.1 Å². The molecule has 22 heavy (non-hydrogen) atoms. The first-order valence-corrected chi connectivity index (χ1v) is 6.76. The second-order valence-corrected chi connectivity index (χ2v) is 4.93. The Kier molecular flexibility index (Phi) is 2.66. The lowest BCUT2D eigenvalue weighted by atomic mass is 10.1. The molecule has 0 saturated carbocycles. The first-order chi connectivity index (χ1) is 10.8. The fourth-order valence-electron chi connectivity index (χ4n) is 2.53. The molecule has 0 spiro atoms. The third-order valence-electron chi connectivity index (χ3n) is 3.59. The zero-order valence-electron chi connectivity index (χ0n) is 11.4. The summed E-state index contributed by atoms with van der Waals surface area (Å²) in [5, 5.41) is 4.46. The average molecular weight is 290 g/mol. The number of aromatic amines is 1. The van der Waals surface area contributed by atoms with Gasteiger partial charge >= 0.3 is 0 Å². The van der Waals surface area contributed by atoms with Crippen LogP contribution in [-0.2, 0) is 0 Å². The highest BCUT2D eigenvalue weighted by Gasteiger charge is 2.16.